The van der Waals surface area contributed by atoms with Crippen LogP contribution >= 0.6 is 0 Å². The molecule has 1 aliphatic heterocycles. The molecule has 4 bridgehead atoms. The summed E-state index contributed by atoms with van der Waals surface area (Å²) >= 11 is 0. The summed E-state index contributed by atoms with van der Waals surface area (Å²) in [6, 6.07) is 0. The zero-order chi connectivity index (χ0) is 17.2. The highest BCUT2D eigenvalue weighted by Gasteiger charge is 2.64. The fraction of sp³-hybridized carbons (Fsp3) is 0.857. The molecule has 2 N–H and O–H groups in total. The smallest absolute Gasteiger partial charge is 0.129 e. The second-order valence-electron chi connectivity index (χ2n) is 10.9. The SMILES string of the molecule is C=C1CCCCN1/C(CC12CC3(C)CC(C)(CC(C)(C3)C1)C2)=N\N. The van der Waals surface area contributed by atoms with E-state index >= 15 is 0 Å². The number of likely N-dealkylation sites (tertiary alicyclic amines) is 1. The molecule has 1 heterocycles. The van der Waals surface area contributed by atoms with E-state index in [4.69, 9.17) is 5.84 Å². The zero-order valence-corrected chi connectivity index (χ0v) is 16.0. The van der Waals surface area contributed by atoms with Crippen LogP contribution in [-0.2, 0) is 0 Å². The topological polar surface area (TPSA) is 41.6 Å². The van der Waals surface area contributed by atoms with Gasteiger partial charge in [0.25, 0.3) is 0 Å². The van der Waals surface area contributed by atoms with Crippen molar-refractivity contribution >= 4 is 5.84 Å². The maximum atomic E-state index is 5.90. The van der Waals surface area contributed by atoms with Crippen LogP contribution in [-0.4, -0.2) is 17.3 Å². The van der Waals surface area contributed by atoms with Crippen LogP contribution < -0.4 is 5.84 Å². The Morgan fingerprint density at radius 3 is 2.00 bits per heavy atom. The molecule has 24 heavy (non-hydrogen) atoms. The van der Waals surface area contributed by atoms with Crippen molar-refractivity contribution in [1.82, 2.24) is 4.90 Å². The average molecular weight is 330 g/mol. The van der Waals surface area contributed by atoms with Crippen molar-refractivity contribution in [2.75, 3.05) is 6.54 Å². The van der Waals surface area contributed by atoms with Crippen LogP contribution in [0, 0.1) is 21.7 Å². The molecule has 0 atom stereocenters. The van der Waals surface area contributed by atoms with Crippen molar-refractivity contribution in [3.05, 3.63) is 12.3 Å². The maximum absolute atomic E-state index is 5.90. The monoisotopic (exact) mass is 329 g/mol. The third-order valence-electron chi connectivity index (χ3n) is 7.44. The first-order valence-corrected chi connectivity index (χ1v) is 9.90. The largest absolute Gasteiger partial charge is 0.333 e. The number of piperidine rings is 1. The molecule has 0 aromatic heterocycles. The van der Waals surface area contributed by atoms with E-state index in [-0.39, 0.29) is 0 Å². The predicted octanol–water partition coefficient (Wildman–Crippen LogP) is 5.04. The number of hydrogen-bond donors (Lipinski definition) is 1. The first-order valence-electron chi connectivity index (χ1n) is 9.90. The standard InChI is InChI=1S/C21H35N3/c1-16-7-5-6-8-24(16)17(23-22)9-21-13-18(2)10-19(3,14-21)12-20(4,11-18)15-21/h1,5-15,22H2,2-4H3/b23-17-. The molecule has 0 aromatic carbocycles. The van der Waals surface area contributed by atoms with Crippen LogP contribution in [0.15, 0.2) is 17.4 Å². The number of allylic oxidation sites excluding steroid dienone is 1. The van der Waals surface area contributed by atoms with Gasteiger partial charge in [0.15, 0.2) is 0 Å². The van der Waals surface area contributed by atoms with Crippen LogP contribution in [0.2, 0.25) is 0 Å². The third kappa shape index (κ3) is 2.59. The van der Waals surface area contributed by atoms with Crippen molar-refractivity contribution in [3.8, 4) is 0 Å². The summed E-state index contributed by atoms with van der Waals surface area (Å²) < 4.78 is 0. The lowest BCUT2D eigenvalue weighted by molar-refractivity contribution is -0.181. The number of nitrogens with two attached hydrogens (primary N) is 1. The first-order chi connectivity index (χ1) is 11.2. The van der Waals surface area contributed by atoms with Gasteiger partial charge in [-0.05, 0) is 79.4 Å². The Balaban J connectivity index is 1.62. The van der Waals surface area contributed by atoms with Gasteiger partial charge >= 0.3 is 0 Å². The van der Waals surface area contributed by atoms with E-state index in [1.165, 1.54) is 57.1 Å². The van der Waals surface area contributed by atoms with Crippen LogP contribution in [0.3, 0.4) is 0 Å². The molecule has 0 unspecified atom stereocenters. The van der Waals surface area contributed by atoms with E-state index < -0.39 is 0 Å². The van der Waals surface area contributed by atoms with Gasteiger partial charge in [-0.1, -0.05) is 27.4 Å². The van der Waals surface area contributed by atoms with Crippen molar-refractivity contribution < 1.29 is 0 Å². The summed E-state index contributed by atoms with van der Waals surface area (Å²) in [4.78, 5) is 2.34. The van der Waals surface area contributed by atoms with E-state index in [0.717, 1.165) is 25.2 Å². The van der Waals surface area contributed by atoms with Crippen LogP contribution in [0.25, 0.3) is 0 Å². The molecule has 1 saturated heterocycles. The summed E-state index contributed by atoms with van der Waals surface area (Å²) in [5.74, 6) is 7.01. The second kappa shape index (κ2) is 5.02. The zero-order valence-electron chi connectivity index (χ0n) is 16.0. The minimum absolute atomic E-state index is 0.406. The molecular formula is C21H35N3. The summed E-state index contributed by atoms with van der Waals surface area (Å²) in [6.07, 6.45) is 13.0. The molecule has 5 fully saturated rings. The molecule has 5 aliphatic rings. The van der Waals surface area contributed by atoms with Gasteiger partial charge in [0, 0.05) is 18.7 Å². The van der Waals surface area contributed by atoms with Crippen molar-refractivity contribution in [2.45, 2.75) is 85.0 Å². The average Bonchev–Trinajstić information content (AvgIpc) is 2.40. The van der Waals surface area contributed by atoms with E-state index in [1.807, 2.05) is 0 Å². The Morgan fingerprint density at radius 1 is 1.00 bits per heavy atom. The predicted molar refractivity (Wildman–Crippen MR) is 100 cm³/mol. The van der Waals surface area contributed by atoms with Gasteiger partial charge in [-0.15, -0.1) is 0 Å². The van der Waals surface area contributed by atoms with Gasteiger partial charge in [0.05, 0.1) is 0 Å². The molecule has 134 valence electrons. The highest BCUT2D eigenvalue weighted by Crippen LogP contribution is 2.74. The Bertz CT molecular complexity index is 536. The van der Waals surface area contributed by atoms with Crippen molar-refractivity contribution in [1.29, 1.82) is 0 Å². The highest BCUT2D eigenvalue weighted by molar-refractivity contribution is 5.84. The quantitative estimate of drug-likeness (QED) is 0.334. The highest BCUT2D eigenvalue weighted by atomic mass is 15.3. The van der Waals surface area contributed by atoms with Crippen LogP contribution in [0.1, 0.15) is 85.0 Å². The maximum Gasteiger partial charge on any atom is 0.129 e. The van der Waals surface area contributed by atoms with Gasteiger partial charge in [-0.2, -0.15) is 5.10 Å². The molecule has 4 aliphatic carbocycles. The normalized spacial score (nSPS) is 48.2. The Kier molecular flexibility index (Phi) is 3.44. The lowest BCUT2D eigenvalue weighted by atomic mass is 9.36. The van der Waals surface area contributed by atoms with Gasteiger partial charge in [-0.3, -0.25) is 0 Å². The van der Waals surface area contributed by atoms with Crippen LogP contribution in [0.5, 0.6) is 0 Å². The lowest BCUT2D eigenvalue weighted by Gasteiger charge is -2.69. The molecule has 0 radical (unpaired) electrons. The van der Waals surface area contributed by atoms with E-state index in [1.54, 1.807) is 0 Å². The number of rotatable bonds is 2. The number of amidine groups is 1. The lowest BCUT2D eigenvalue weighted by Crippen LogP contribution is -2.59. The Hall–Kier alpha value is -0.990. The summed E-state index contributed by atoms with van der Waals surface area (Å²) in [5.41, 5.74) is 3.20. The molecule has 4 saturated carbocycles. The van der Waals surface area contributed by atoms with Gasteiger partial charge in [-0.25, -0.2) is 0 Å². The number of nitrogens with zero attached hydrogens (tertiary/aromatic N) is 2. The molecule has 3 heteroatoms. The second-order valence-corrected chi connectivity index (χ2v) is 10.9. The van der Waals surface area contributed by atoms with E-state index in [0.29, 0.717) is 21.7 Å². The number of hydrogen-bond acceptors (Lipinski definition) is 2. The minimum atomic E-state index is 0.406. The first kappa shape index (κ1) is 16.5. The molecule has 0 amide bonds. The molecule has 0 aromatic rings. The molecular weight excluding hydrogens is 294 g/mol. The van der Waals surface area contributed by atoms with Gasteiger partial charge < -0.3 is 10.7 Å². The molecule has 5 rings (SSSR count). The summed E-state index contributed by atoms with van der Waals surface area (Å²) in [6.45, 7) is 13.0. The summed E-state index contributed by atoms with van der Waals surface area (Å²) in [7, 11) is 0. The third-order valence-corrected chi connectivity index (χ3v) is 7.44. The molecule has 0 spiro atoms. The van der Waals surface area contributed by atoms with E-state index in [9.17, 15) is 0 Å². The van der Waals surface area contributed by atoms with Crippen molar-refractivity contribution in [2.24, 2.45) is 32.6 Å². The van der Waals surface area contributed by atoms with Gasteiger partial charge in [0.1, 0.15) is 5.84 Å². The Morgan fingerprint density at radius 2 is 1.54 bits per heavy atom. The van der Waals surface area contributed by atoms with E-state index in [2.05, 4.69) is 37.4 Å². The summed E-state index contributed by atoms with van der Waals surface area (Å²) in [5, 5.41) is 4.29. The van der Waals surface area contributed by atoms with Crippen molar-refractivity contribution in [3.63, 3.8) is 0 Å². The number of hydrazone groups is 1. The molecule has 3 nitrogen and oxygen atoms in total. The van der Waals surface area contributed by atoms with Gasteiger partial charge in [0.2, 0.25) is 0 Å². The minimum Gasteiger partial charge on any atom is -0.333 e. The fourth-order valence-electron chi connectivity index (χ4n) is 8.49. The fourth-order valence-corrected chi connectivity index (χ4v) is 8.49. The van der Waals surface area contributed by atoms with Crippen LogP contribution in [0.4, 0.5) is 0 Å². The Labute approximate surface area is 147 Å².